The van der Waals surface area contributed by atoms with Gasteiger partial charge in [-0.3, -0.25) is 0 Å². The van der Waals surface area contributed by atoms with Crippen LogP contribution in [-0.2, 0) is 17.5 Å². The van der Waals surface area contributed by atoms with Crippen LogP contribution in [0.4, 0.5) is 0 Å². The molecule has 0 radical (unpaired) electrons. The SMILES string of the molecule is CCCCP(CC)(CC)(CCCC)OP(=O)(OP(CC)(CC)(CCCC)CCCC)OP(CC)(CC)(CCCC)CCCC. The molecule has 0 unspecified atom stereocenters. The second kappa shape index (κ2) is 20.2. The molecular formula is C36H84O4P4. The summed E-state index contributed by atoms with van der Waals surface area (Å²) in [4.78, 5) is 0. The third-order valence-electron chi connectivity index (χ3n) is 12.3. The van der Waals surface area contributed by atoms with Gasteiger partial charge in [0, 0.05) is 0 Å². The molecule has 4 nitrogen and oxygen atoms in total. The van der Waals surface area contributed by atoms with Crippen LogP contribution < -0.4 is 0 Å². The number of unbranched alkanes of at least 4 members (excludes halogenated alkanes) is 6. The summed E-state index contributed by atoms with van der Waals surface area (Å²) in [6, 6.07) is 0. The zero-order valence-electron chi connectivity index (χ0n) is 32.4. The predicted molar refractivity (Wildman–Crippen MR) is 214 cm³/mol. The molecule has 44 heavy (non-hydrogen) atoms. The Kier molecular flexibility index (Phi) is 20.8. The summed E-state index contributed by atoms with van der Waals surface area (Å²) in [5, 5.41) is 0. The molecule has 0 aliphatic heterocycles. The first kappa shape index (κ1) is 45.4. The van der Waals surface area contributed by atoms with E-state index < -0.39 is 28.3 Å². The quantitative estimate of drug-likeness (QED) is 0.0698. The monoisotopic (exact) mass is 705 g/mol. The number of phosphoric acid groups is 1. The molecular weight excluding hydrogens is 620 g/mol. The fourth-order valence-electron chi connectivity index (χ4n) is 7.74. The van der Waals surface area contributed by atoms with Crippen molar-refractivity contribution in [2.45, 2.75) is 160 Å². The first-order valence-electron chi connectivity index (χ1n) is 19.6. The maximum absolute atomic E-state index is 16.4. The van der Waals surface area contributed by atoms with Gasteiger partial charge in [-0.1, -0.05) is 0 Å². The first-order valence-corrected chi connectivity index (χ1v) is 29.7. The Labute approximate surface area is 279 Å². The summed E-state index contributed by atoms with van der Waals surface area (Å²) in [6.45, 7) is 19.0. The van der Waals surface area contributed by atoms with Crippen molar-refractivity contribution in [1.29, 1.82) is 0 Å². The van der Waals surface area contributed by atoms with E-state index in [2.05, 4.69) is 83.1 Å². The van der Waals surface area contributed by atoms with Crippen LogP contribution in [0.2, 0.25) is 0 Å². The van der Waals surface area contributed by atoms with Crippen molar-refractivity contribution in [2.75, 3.05) is 73.9 Å². The first-order chi connectivity index (χ1) is 20.8. The van der Waals surface area contributed by atoms with Crippen LogP contribution in [0.3, 0.4) is 0 Å². The third kappa shape index (κ3) is 11.5. The van der Waals surface area contributed by atoms with Crippen LogP contribution in [0.15, 0.2) is 0 Å². The second-order valence-electron chi connectivity index (χ2n) is 14.6. The van der Waals surface area contributed by atoms with E-state index in [9.17, 15) is 0 Å². The number of hydrogen-bond acceptors (Lipinski definition) is 4. The Balaban J connectivity index is 7.91. The molecule has 272 valence electrons. The summed E-state index contributed by atoms with van der Waals surface area (Å²) in [6.07, 6.45) is 25.6. The molecule has 0 amide bonds. The van der Waals surface area contributed by atoms with E-state index in [1.807, 2.05) is 0 Å². The Hall–Kier alpha value is 1.40. The van der Waals surface area contributed by atoms with Crippen LogP contribution in [0, 0.1) is 0 Å². The Morgan fingerprint density at radius 3 is 0.614 bits per heavy atom. The van der Waals surface area contributed by atoms with Crippen molar-refractivity contribution in [2.24, 2.45) is 0 Å². The van der Waals surface area contributed by atoms with Crippen LogP contribution in [0.5, 0.6) is 0 Å². The molecule has 0 heterocycles. The molecule has 0 rings (SSSR count). The van der Waals surface area contributed by atoms with Crippen LogP contribution in [0.25, 0.3) is 0 Å². The van der Waals surface area contributed by atoms with Gasteiger partial charge in [-0.05, 0) is 0 Å². The molecule has 0 aromatic heterocycles. The van der Waals surface area contributed by atoms with Crippen molar-refractivity contribution < 1.29 is 17.5 Å². The number of hydrogen-bond donors (Lipinski definition) is 0. The van der Waals surface area contributed by atoms with Crippen LogP contribution in [-0.4, -0.2) is 73.9 Å². The molecule has 0 fully saturated rings. The van der Waals surface area contributed by atoms with E-state index in [4.69, 9.17) is 12.9 Å². The van der Waals surface area contributed by atoms with Crippen molar-refractivity contribution in [3.63, 3.8) is 0 Å². The molecule has 0 aromatic carbocycles. The Morgan fingerprint density at radius 2 is 0.500 bits per heavy atom. The molecule has 0 saturated heterocycles. The molecule has 0 bridgehead atoms. The summed E-state index contributed by atoms with van der Waals surface area (Å²) in [5.41, 5.74) is 0. The predicted octanol–water partition coefficient (Wildman–Crippen LogP) is 14.5. The van der Waals surface area contributed by atoms with Crippen LogP contribution in [0.1, 0.15) is 160 Å². The van der Waals surface area contributed by atoms with Gasteiger partial charge in [-0.25, -0.2) is 0 Å². The molecule has 0 aliphatic rings. The van der Waals surface area contributed by atoms with E-state index >= 15 is 4.57 Å². The molecule has 0 aliphatic carbocycles. The van der Waals surface area contributed by atoms with E-state index in [0.717, 1.165) is 151 Å². The molecule has 0 saturated carbocycles. The summed E-state index contributed by atoms with van der Waals surface area (Å²) >= 11 is 0. The standard InChI is InChI=1S/C36H84O4P4/c1-13-25-31-42(19-7,20-8,32-26-14-2)38-41(37,39-43(21-9,22-10,33-27-15-3)34-28-16-4)40-44(23-11,24-12,35-29-17-5)36-30-18-6/h13-36H2,1-12H3. The molecule has 0 N–H and O–H groups in total. The van der Waals surface area contributed by atoms with Gasteiger partial charge in [0.1, 0.15) is 0 Å². The van der Waals surface area contributed by atoms with Gasteiger partial charge in [0.15, 0.2) is 0 Å². The number of rotatable bonds is 30. The minimum absolute atomic E-state index is 0.967. The van der Waals surface area contributed by atoms with Crippen molar-refractivity contribution in [3.05, 3.63) is 0 Å². The van der Waals surface area contributed by atoms with E-state index in [1.165, 1.54) is 0 Å². The summed E-state index contributed by atoms with van der Waals surface area (Å²) < 4.78 is 39.6. The van der Waals surface area contributed by atoms with Gasteiger partial charge in [-0.2, -0.15) is 0 Å². The van der Waals surface area contributed by atoms with E-state index in [1.54, 1.807) is 0 Å². The maximum atomic E-state index is 16.4. The fraction of sp³-hybridized carbons (Fsp3) is 1.00. The van der Waals surface area contributed by atoms with Gasteiger partial charge >= 0.3 is 280 Å². The Bertz CT molecular complexity index is 680. The third-order valence-corrected chi connectivity index (χ3v) is 38.5. The van der Waals surface area contributed by atoms with Crippen LogP contribution >= 0.6 is 28.3 Å². The fourth-order valence-corrected chi connectivity index (χ4v) is 32.9. The van der Waals surface area contributed by atoms with Gasteiger partial charge in [-0.15, -0.1) is 0 Å². The zero-order valence-corrected chi connectivity index (χ0v) is 36.0. The molecule has 0 spiro atoms. The van der Waals surface area contributed by atoms with Gasteiger partial charge in [0.25, 0.3) is 0 Å². The van der Waals surface area contributed by atoms with Gasteiger partial charge in [0.2, 0.25) is 0 Å². The van der Waals surface area contributed by atoms with E-state index in [-0.39, 0.29) is 0 Å². The van der Waals surface area contributed by atoms with Gasteiger partial charge < -0.3 is 0 Å². The molecule has 8 heteroatoms. The topological polar surface area (TPSA) is 44.8 Å². The normalized spacial score (nSPS) is 17.2. The van der Waals surface area contributed by atoms with Crippen molar-refractivity contribution in [3.8, 4) is 0 Å². The summed E-state index contributed by atoms with van der Waals surface area (Å²) in [5.74, 6) is 0. The second-order valence-corrected chi connectivity index (χ2v) is 35.1. The van der Waals surface area contributed by atoms with Gasteiger partial charge in [0.05, 0.1) is 0 Å². The average Bonchev–Trinajstić information content (AvgIpc) is 3.06. The van der Waals surface area contributed by atoms with E-state index in [0.29, 0.717) is 0 Å². The average molecular weight is 705 g/mol. The zero-order chi connectivity index (χ0) is 33.9. The minimum atomic E-state index is -3.95. The van der Waals surface area contributed by atoms with Crippen molar-refractivity contribution >= 4 is 28.3 Å². The van der Waals surface area contributed by atoms with Crippen molar-refractivity contribution in [1.82, 2.24) is 0 Å². The molecule has 0 atom stereocenters. The summed E-state index contributed by atoms with van der Waals surface area (Å²) in [7, 11) is -3.95. The Morgan fingerprint density at radius 1 is 0.341 bits per heavy atom. The molecule has 0 aromatic rings.